The third-order valence-electron chi connectivity index (χ3n) is 2.86. The van der Waals surface area contributed by atoms with E-state index in [0.29, 0.717) is 0 Å². The Morgan fingerprint density at radius 3 is 3.20 bits per heavy atom. The average molecular weight is 245 g/mol. The van der Waals surface area contributed by atoms with Gasteiger partial charge in [0, 0.05) is 23.3 Å². The molecule has 84 valence electrons. The zero-order chi connectivity index (χ0) is 10.7. The Hall–Kier alpha value is -0.0900. The van der Waals surface area contributed by atoms with E-state index in [1.807, 2.05) is 12.4 Å². The van der Waals surface area contributed by atoms with Crippen molar-refractivity contribution in [1.82, 2.24) is 10.2 Å². The van der Waals surface area contributed by atoms with Crippen molar-refractivity contribution in [3.8, 4) is 0 Å². The van der Waals surface area contributed by atoms with Crippen molar-refractivity contribution in [1.29, 1.82) is 0 Å². The van der Waals surface area contributed by atoms with Gasteiger partial charge >= 0.3 is 0 Å². The minimum atomic E-state index is 0.824. The molecule has 1 aromatic heterocycles. The molecule has 0 aromatic carbocycles. The molecule has 15 heavy (non-hydrogen) atoms. The maximum atomic E-state index is 5.91. The summed E-state index contributed by atoms with van der Waals surface area (Å²) in [6.45, 7) is 4.65. The van der Waals surface area contributed by atoms with Crippen LogP contribution in [-0.2, 0) is 6.54 Å². The molecule has 2 rings (SSSR count). The van der Waals surface area contributed by atoms with E-state index in [0.717, 1.165) is 24.0 Å². The number of nitrogens with zero attached hydrogens (tertiary/aromatic N) is 1. The number of hydrogen-bond acceptors (Lipinski definition) is 3. The standard InChI is InChI=1S/C11H17ClN2S/c1-13-5-9-2-3-14(6-9)7-11-4-10(12)8-15-11/h4,8-9,13H,2-3,5-7H2,1H3. The number of rotatable bonds is 4. The van der Waals surface area contributed by atoms with E-state index in [1.165, 1.54) is 24.4 Å². The highest BCUT2D eigenvalue weighted by Gasteiger charge is 2.21. The summed E-state index contributed by atoms with van der Waals surface area (Å²) in [5.74, 6) is 0.824. The highest BCUT2D eigenvalue weighted by Crippen LogP contribution is 2.23. The lowest BCUT2D eigenvalue weighted by molar-refractivity contribution is 0.318. The van der Waals surface area contributed by atoms with Crippen molar-refractivity contribution in [2.75, 3.05) is 26.7 Å². The van der Waals surface area contributed by atoms with Crippen molar-refractivity contribution < 1.29 is 0 Å². The third kappa shape index (κ3) is 3.18. The predicted octanol–water partition coefficient (Wildman–Crippen LogP) is 2.44. The van der Waals surface area contributed by atoms with Gasteiger partial charge in [0.2, 0.25) is 0 Å². The number of nitrogens with one attached hydrogen (secondary N) is 1. The SMILES string of the molecule is CNCC1CCN(Cc2cc(Cl)cs2)C1. The van der Waals surface area contributed by atoms with Crippen molar-refractivity contribution in [3.63, 3.8) is 0 Å². The topological polar surface area (TPSA) is 15.3 Å². The Labute approximate surface area is 100 Å². The first kappa shape index (κ1) is 11.4. The smallest absolute Gasteiger partial charge is 0.0516 e. The summed E-state index contributed by atoms with van der Waals surface area (Å²) in [7, 11) is 2.03. The van der Waals surface area contributed by atoms with Gasteiger partial charge in [-0.15, -0.1) is 11.3 Å². The van der Waals surface area contributed by atoms with Gasteiger partial charge in [0.1, 0.15) is 0 Å². The molecule has 1 atom stereocenters. The van der Waals surface area contributed by atoms with E-state index in [-0.39, 0.29) is 0 Å². The molecule has 0 spiro atoms. The van der Waals surface area contributed by atoms with Crippen LogP contribution in [0.4, 0.5) is 0 Å². The lowest BCUT2D eigenvalue weighted by Gasteiger charge is -2.14. The normalized spacial score (nSPS) is 22.4. The first-order valence-electron chi connectivity index (χ1n) is 5.38. The Bertz CT molecular complexity index is 313. The van der Waals surface area contributed by atoms with E-state index in [9.17, 15) is 0 Å². The van der Waals surface area contributed by atoms with Gasteiger partial charge in [0.15, 0.2) is 0 Å². The second-order valence-electron chi connectivity index (χ2n) is 4.18. The second-order valence-corrected chi connectivity index (χ2v) is 5.61. The average Bonchev–Trinajstić information content (AvgIpc) is 2.78. The number of thiophene rings is 1. The summed E-state index contributed by atoms with van der Waals surface area (Å²) >= 11 is 7.67. The second kappa shape index (κ2) is 5.30. The fraction of sp³-hybridized carbons (Fsp3) is 0.636. The van der Waals surface area contributed by atoms with Crippen LogP contribution >= 0.6 is 22.9 Å². The quantitative estimate of drug-likeness (QED) is 0.875. The molecule has 0 bridgehead atoms. The fourth-order valence-electron chi connectivity index (χ4n) is 2.17. The Morgan fingerprint density at radius 2 is 2.53 bits per heavy atom. The number of hydrogen-bond donors (Lipinski definition) is 1. The summed E-state index contributed by atoms with van der Waals surface area (Å²) in [6, 6.07) is 2.08. The van der Waals surface area contributed by atoms with Crippen molar-refractivity contribution in [2.24, 2.45) is 5.92 Å². The maximum Gasteiger partial charge on any atom is 0.0516 e. The summed E-state index contributed by atoms with van der Waals surface area (Å²) < 4.78 is 0. The van der Waals surface area contributed by atoms with Gasteiger partial charge in [-0.25, -0.2) is 0 Å². The van der Waals surface area contributed by atoms with Crippen LogP contribution in [0.25, 0.3) is 0 Å². The van der Waals surface area contributed by atoms with Crippen LogP contribution < -0.4 is 5.32 Å². The highest BCUT2D eigenvalue weighted by atomic mass is 35.5. The molecule has 1 aromatic rings. The molecule has 2 nitrogen and oxygen atoms in total. The highest BCUT2D eigenvalue weighted by molar-refractivity contribution is 7.10. The minimum Gasteiger partial charge on any atom is -0.319 e. The van der Waals surface area contributed by atoms with Crippen LogP contribution in [0.2, 0.25) is 5.02 Å². The van der Waals surface area contributed by atoms with Crippen molar-refractivity contribution in [2.45, 2.75) is 13.0 Å². The minimum absolute atomic E-state index is 0.824. The molecule has 2 heterocycles. The Morgan fingerprint density at radius 1 is 1.67 bits per heavy atom. The fourth-order valence-corrected chi connectivity index (χ4v) is 3.28. The lowest BCUT2D eigenvalue weighted by atomic mass is 10.1. The van der Waals surface area contributed by atoms with E-state index in [4.69, 9.17) is 11.6 Å². The Kier molecular flexibility index (Phi) is 4.03. The molecule has 0 radical (unpaired) electrons. The zero-order valence-corrected chi connectivity index (χ0v) is 10.6. The predicted molar refractivity (Wildman–Crippen MR) is 66.6 cm³/mol. The molecule has 0 saturated carbocycles. The largest absolute Gasteiger partial charge is 0.319 e. The molecular weight excluding hydrogens is 228 g/mol. The van der Waals surface area contributed by atoms with Crippen LogP contribution in [0.15, 0.2) is 11.4 Å². The summed E-state index contributed by atoms with van der Waals surface area (Å²) in [6.07, 6.45) is 1.32. The van der Waals surface area contributed by atoms with Gasteiger partial charge < -0.3 is 5.32 Å². The van der Waals surface area contributed by atoms with Gasteiger partial charge in [0.05, 0.1) is 5.02 Å². The van der Waals surface area contributed by atoms with Crippen LogP contribution in [0.5, 0.6) is 0 Å². The lowest BCUT2D eigenvalue weighted by Crippen LogP contribution is -2.24. The molecule has 1 unspecified atom stereocenters. The van der Waals surface area contributed by atoms with E-state index >= 15 is 0 Å². The molecule has 1 N–H and O–H groups in total. The molecule has 1 aliphatic rings. The number of halogens is 1. The van der Waals surface area contributed by atoms with E-state index in [2.05, 4.69) is 16.3 Å². The molecule has 1 saturated heterocycles. The molecule has 0 aliphatic carbocycles. The van der Waals surface area contributed by atoms with Gasteiger partial charge in [-0.05, 0) is 38.5 Å². The van der Waals surface area contributed by atoms with Crippen LogP contribution in [0.3, 0.4) is 0 Å². The third-order valence-corrected chi connectivity index (χ3v) is 4.13. The first-order chi connectivity index (χ1) is 7.28. The summed E-state index contributed by atoms with van der Waals surface area (Å²) in [4.78, 5) is 3.90. The molecule has 1 fully saturated rings. The van der Waals surface area contributed by atoms with Crippen LogP contribution in [0, 0.1) is 5.92 Å². The van der Waals surface area contributed by atoms with Crippen LogP contribution in [-0.4, -0.2) is 31.6 Å². The molecular formula is C11H17ClN2S. The van der Waals surface area contributed by atoms with Crippen LogP contribution in [0.1, 0.15) is 11.3 Å². The monoisotopic (exact) mass is 244 g/mol. The number of likely N-dealkylation sites (tertiary alicyclic amines) is 1. The van der Waals surface area contributed by atoms with Gasteiger partial charge in [-0.2, -0.15) is 0 Å². The first-order valence-corrected chi connectivity index (χ1v) is 6.63. The zero-order valence-electron chi connectivity index (χ0n) is 9.00. The van der Waals surface area contributed by atoms with E-state index in [1.54, 1.807) is 11.3 Å². The molecule has 4 heteroatoms. The van der Waals surface area contributed by atoms with Gasteiger partial charge in [0.25, 0.3) is 0 Å². The van der Waals surface area contributed by atoms with E-state index < -0.39 is 0 Å². The molecule has 1 aliphatic heterocycles. The summed E-state index contributed by atoms with van der Waals surface area (Å²) in [5.41, 5.74) is 0. The van der Waals surface area contributed by atoms with Gasteiger partial charge in [-0.3, -0.25) is 4.90 Å². The van der Waals surface area contributed by atoms with Crippen molar-refractivity contribution in [3.05, 3.63) is 21.3 Å². The summed E-state index contributed by atoms with van der Waals surface area (Å²) in [5, 5.41) is 6.14. The van der Waals surface area contributed by atoms with Crippen molar-refractivity contribution >= 4 is 22.9 Å². The maximum absolute atomic E-state index is 5.91. The Balaban J connectivity index is 1.82. The van der Waals surface area contributed by atoms with Gasteiger partial charge in [-0.1, -0.05) is 11.6 Å². The molecule has 0 amide bonds.